The summed E-state index contributed by atoms with van der Waals surface area (Å²) < 4.78 is 5.30. The fourth-order valence-corrected chi connectivity index (χ4v) is 2.25. The molecule has 1 unspecified atom stereocenters. The lowest BCUT2D eigenvalue weighted by Crippen LogP contribution is -2.07. The Hall–Kier alpha value is -2.09. The Bertz CT molecular complexity index is 619. The highest BCUT2D eigenvalue weighted by Crippen LogP contribution is 2.32. The Balaban J connectivity index is 2.19. The minimum Gasteiger partial charge on any atom is -0.422 e. The summed E-state index contributed by atoms with van der Waals surface area (Å²) >= 11 is 0. The molecule has 2 nitrogen and oxygen atoms in total. The maximum absolute atomic E-state index is 11.9. The lowest BCUT2D eigenvalue weighted by Gasteiger charge is -2.10. The van der Waals surface area contributed by atoms with Crippen molar-refractivity contribution in [3.63, 3.8) is 0 Å². The summed E-state index contributed by atoms with van der Waals surface area (Å²) in [4.78, 5) is 11.9. The van der Waals surface area contributed by atoms with Gasteiger partial charge in [0.05, 0.1) is 5.56 Å². The SMILES string of the molecule is O=c1oc2cccccc-2c1C1C=CC=CC1. The van der Waals surface area contributed by atoms with Crippen molar-refractivity contribution in [2.24, 2.45) is 0 Å². The van der Waals surface area contributed by atoms with Crippen LogP contribution in [-0.2, 0) is 0 Å². The molecule has 1 aliphatic heterocycles. The van der Waals surface area contributed by atoms with Gasteiger partial charge in [0.2, 0.25) is 0 Å². The largest absolute Gasteiger partial charge is 0.422 e. The Kier molecular flexibility index (Phi) is 2.41. The number of allylic oxidation sites excluding steroid dienone is 4. The molecule has 0 bridgehead atoms. The van der Waals surface area contributed by atoms with Crippen LogP contribution in [0.2, 0.25) is 0 Å². The number of rotatable bonds is 1. The van der Waals surface area contributed by atoms with Gasteiger partial charge < -0.3 is 4.42 Å². The van der Waals surface area contributed by atoms with Crippen LogP contribution >= 0.6 is 0 Å². The van der Waals surface area contributed by atoms with Crippen molar-refractivity contribution in [2.75, 3.05) is 0 Å². The molecule has 1 heterocycles. The van der Waals surface area contributed by atoms with Crippen LogP contribution < -0.4 is 5.63 Å². The first-order valence-corrected chi connectivity index (χ1v) is 5.71. The van der Waals surface area contributed by atoms with Crippen LogP contribution in [0.5, 0.6) is 0 Å². The number of fused-ring (bicyclic) bond motifs is 1. The summed E-state index contributed by atoms with van der Waals surface area (Å²) in [6.07, 6.45) is 8.97. The maximum atomic E-state index is 11.9. The van der Waals surface area contributed by atoms with E-state index in [1.54, 1.807) is 0 Å². The van der Waals surface area contributed by atoms with Gasteiger partial charge in [-0.15, -0.1) is 0 Å². The minimum atomic E-state index is -0.212. The van der Waals surface area contributed by atoms with Gasteiger partial charge in [0, 0.05) is 11.5 Å². The van der Waals surface area contributed by atoms with E-state index in [-0.39, 0.29) is 11.5 Å². The van der Waals surface area contributed by atoms with Gasteiger partial charge in [-0.1, -0.05) is 48.6 Å². The molecule has 84 valence electrons. The lowest BCUT2D eigenvalue weighted by molar-refractivity contribution is 0.538. The molecule has 0 saturated carbocycles. The molecule has 0 N–H and O–H groups in total. The van der Waals surface area contributed by atoms with Crippen molar-refractivity contribution in [1.29, 1.82) is 0 Å². The van der Waals surface area contributed by atoms with Crippen LogP contribution in [0.25, 0.3) is 11.3 Å². The maximum Gasteiger partial charge on any atom is 0.340 e. The first kappa shape index (κ1) is 10.1. The highest BCUT2D eigenvalue weighted by Gasteiger charge is 2.22. The average Bonchev–Trinajstić information content (AvgIpc) is 2.52. The molecule has 1 atom stereocenters. The predicted molar refractivity (Wildman–Crippen MR) is 67.2 cm³/mol. The van der Waals surface area contributed by atoms with Crippen molar-refractivity contribution in [3.05, 3.63) is 70.6 Å². The second kappa shape index (κ2) is 4.06. The van der Waals surface area contributed by atoms with E-state index in [1.807, 2.05) is 42.5 Å². The van der Waals surface area contributed by atoms with E-state index in [1.165, 1.54) is 0 Å². The summed E-state index contributed by atoms with van der Waals surface area (Å²) in [7, 11) is 0. The summed E-state index contributed by atoms with van der Waals surface area (Å²) in [6, 6.07) is 9.53. The normalized spacial score (nSPS) is 18.7. The van der Waals surface area contributed by atoms with Gasteiger partial charge in [0.15, 0.2) is 0 Å². The van der Waals surface area contributed by atoms with Gasteiger partial charge in [-0.05, 0) is 12.5 Å². The minimum absolute atomic E-state index is 0.135. The zero-order valence-electron chi connectivity index (χ0n) is 9.30. The van der Waals surface area contributed by atoms with Crippen LogP contribution in [0, 0.1) is 0 Å². The molecule has 0 spiro atoms. The van der Waals surface area contributed by atoms with Crippen molar-refractivity contribution in [2.45, 2.75) is 12.3 Å². The van der Waals surface area contributed by atoms with E-state index < -0.39 is 0 Å². The van der Waals surface area contributed by atoms with Gasteiger partial charge in [-0.25, -0.2) is 4.79 Å². The molecule has 2 heteroatoms. The molecular weight excluding hydrogens is 212 g/mol. The quantitative estimate of drug-likeness (QED) is 0.743. The Morgan fingerprint density at radius 1 is 1.12 bits per heavy atom. The molecule has 17 heavy (non-hydrogen) atoms. The second-order valence-corrected chi connectivity index (χ2v) is 4.15. The monoisotopic (exact) mass is 224 g/mol. The summed E-state index contributed by atoms with van der Waals surface area (Å²) in [5.41, 5.74) is 1.48. The van der Waals surface area contributed by atoms with Crippen LogP contribution in [-0.4, -0.2) is 0 Å². The fraction of sp³-hybridized carbons (Fsp3) is 0.133. The Morgan fingerprint density at radius 3 is 2.82 bits per heavy atom. The Morgan fingerprint density at radius 2 is 2.00 bits per heavy atom. The first-order valence-electron chi connectivity index (χ1n) is 5.71. The molecule has 3 rings (SSSR count). The van der Waals surface area contributed by atoms with E-state index in [2.05, 4.69) is 12.2 Å². The van der Waals surface area contributed by atoms with Crippen LogP contribution in [0.1, 0.15) is 17.9 Å². The molecule has 0 fully saturated rings. The van der Waals surface area contributed by atoms with Gasteiger partial charge in [-0.3, -0.25) is 0 Å². The van der Waals surface area contributed by atoms with Crippen molar-refractivity contribution < 1.29 is 4.42 Å². The highest BCUT2D eigenvalue weighted by molar-refractivity contribution is 5.64. The summed E-state index contributed by atoms with van der Waals surface area (Å²) in [5.74, 6) is 0.800. The van der Waals surface area contributed by atoms with Crippen LogP contribution in [0.4, 0.5) is 0 Å². The molecular formula is C15H12O2. The average molecular weight is 224 g/mol. The van der Waals surface area contributed by atoms with E-state index in [9.17, 15) is 4.79 Å². The van der Waals surface area contributed by atoms with Crippen molar-refractivity contribution in [1.82, 2.24) is 0 Å². The lowest BCUT2D eigenvalue weighted by atomic mass is 9.91. The molecule has 2 aliphatic carbocycles. The Labute approximate surface area is 99.2 Å². The van der Waals surface area contributed by atoms with E-state index in [0.29, 0.717) is 5.76 Å². The topological polar surface area (TPSA) is 30.2 Å². The fourth-order valence-electron chi connectivity index (χ4n) is 2.25. The molecule has 3 aliphatic rings. The molecule has 0 aromatic rings. The summed E-state index contributed by atoms with van der Waals surface area (Å²) in [5, 5.41) is 0. The van der Waals surface area contributed by atoms with Gasteiger partial charge in [0.25, 0.3) is 0 Å². The van der Waals surface area contributed by atoms with Crippen molar-refractivity contribution in [3.8, 4) is 11.3 Å². The smallest absolute Gasteiger partial charge is 0.340 e. The standard InChI is InChI=1S/C15H12O2/c16-15-14(11-7-3-1-4-8-11)12-9-5-2-6-10-13(12)17-15/h1-7,9-11H,8H2. The summed E-state index contributed by atoms with van der Waals surface area (Å²) in [6.45, 7) is 0. The molecule has 0 amide bonds. The second-order valence-electron chi connectivity index (χ2n) is 4.15. The number of hydrogen-bond acceptors (Lipinski definition) is 2. The predicted octanol–water partition coefficient (Wildman–Crippen LogP) is 3.34. The first-order chi connectivity index (χ1) is 8.36. The molecule has 0 radical (unpaired) electrons. The van der Waals surface area contributed by atoms with Gasteiger partial charge >= 0.3 is 5.63 Å². The molecule has 0 aromatic heterocycles. The van der Waals surface area contributed by atoms with E-state index >= 15 is 0 Å². The third kappa shape index (κ3) is 1.72. The molecule has 0 saturated heterocycles. The van der Waals surface area contributed by atoms with Crippen LogP contribution in [0.3, 0.4) is 0 Å². The van der Waals surface area contributed by atoms with E-state index in [4.69, 9.17) is 4.42 Å². The van der Waals surface area contributed by atoms with E-state index in [0.717, 1.165) is 17.5 Å². The highest BCUT2D eigenvalue weighted by atomic mass is 16.4. The third-order valence-electron chi connectivity index (χ3n) is 3.06. The number of hydrogen-bond donors (Lipinski definition) is 0. The molecule has 0 aromatic carbocycles. The van der Waals surface area contributed by atoms with Crippen LogP contribution in [0.15, 0.2) is 63.8 Å². The van der Waals surface area contributed by atoms with Gasteiger partial charge in [0.1, 0.15) is 5.76 Å². The number of furan rings is 1. The van der Waals surface area contributed by atoms with Gasteiger partial charge in [-0.2, -0.15) is 0 Å². The zero-order chi connectivity index (χ0) is 11.7. The van der Waals surface area contributed by atoms with Crippen molar-refractivity contribution >= 4 is 0 Å². The third-order valence-corrected chi connectivity index (χ3v) is 3.06. The zero-order valence-corrected chi connectivity index (χ0v) is 9.30.